The van der Waals surface area contributed by atoms with E-state index >= 15 is 0 Å². The van der Waals surface area contributed by atoms with E-state index in [1.54, 1.807) is 24.3 Å². The Morgan fingerprint density at radius 2 is 1.82 bits per heavy atom. The van der Waals surface area contributed by atoms with Gasteiger partial charge in [-0.15, -0.1) is 0 Å². The van der Waals surface area contributed by atoms with Gasteiger partial charge in [0.25, 0.3) is 5.91 Å². The van der Waals surface area contributed by atoms with E-state index in [2.05, 4.69) is 21.2 Å². The lowest BCUT2D eigenvalue weighted by Gasteiger charge is -2.23. The number of halogens is 4. The van der Waals surface area contributed by atoms with Crippen LogP contribution in [0, 0.1) is 17.5 Å². The van der Waals surface area contributed by atoms with Gasteiger partial charge < -0.3 is 10.6 Å². The molecule has 1 aliphatic rings. The van der Waals surface area contributed by atoms with Gasteiger partial charge in [-0.25, -0.2) is 18.0 Å². The zero-order valence-corrected chi connectivity index (χ0v) is 15.9. The quantitative estimate of drug-likeness (QED) is 0.548. The number of urea groups is 1. The van der Waals surface area contributed by atoms with Crippen LogP contribution in [0.1, 0.15) is 12.5 Å². The fourth-order valence-electron chi connectivity index (χ4n) is 2.85. The second-order valence-electron chi connectivity index (χ2n) is 6.20. The number of carbonyl (C=O) groups is 3. The Morgan fingerprint density at radius 1 is 1.14 bits per heavy atom. The van der Waals surface area contributed by atoms with Gasteiger partial charge in [0.15, 0.2) is 17.5 Å². The molecule has 0 aromatic heterocycles. The Labute approximate surface area is 165 Å². The van der Waals surface area contributed by atoms with Gasteiger partial charge >= 0.3 is 6.03 Å². The molecular weight excluding hydrogens is 443 g/mol. The van der Waals surface area contributed by atoms with Crippen molar-refractivity contribution in [2.24, 2.45) is 0 Å². The molecule has 0 spiro atoms. The number of benzene rings is 2. The molecular formula is C18H13BrF3N3O3. The van der Waals surface area contributed by atoms with Gasteiger partial charge in [0.05, 0.1) is 5.69 Å². The Balaban J connectivity index is 1.79. The van der Waals surface area contributed by atoms with Crippen LogP contribution < -0.4 is 10.6 Å². The van der Waals surface area contributed by atoms with Gasteiger partial charge in [0, 0.05) is 10.0 Å². The molecule has 146 valence electrons. The van der Waals surface area contributed by atoms with Crippen molar-refractivity contribution in [3.8, 4) is 0 Å². The standard InChI is InChI=1S/C18H13BrF3N3O3/c1-18(9-4-2-3-5-10(9)19)16(27)25(17(28)24-18)8-13(26)23-12-7-6-11(20)14(21)15(12)22/h2-7H,8H2,1H3,(H,23,26)(H,24,28)/t18-/m1/s1. The molecule has 2 aromatic rings. The Bertz CT molecular complexity index is 1000. The molecule has 0 saturated carbocycles. The molecule has 1 saturated heterocycles. The van der Waals surface area contributed by atoms with Gasteiger partial charge in [-0.1, -0.05) is 34.1 Å². The molecule has 1 fully saturated rings. The zero-order chi connectivity index (χ0) is 20.6. The van der Waals surface area contributed by atoms with Crippen LogP contribution in [0.5, 0.6) is 0 Å². The molecule has 2 aromatic carbocycles. The number of carbonyl (C=O) groups excluding carboxylic acids is 3. The van der Waals surface area contributed by atoms with E-state index in [0.29, 0.717) is 21.0 Å². The van der Waals surface area contributed by atoms with Crippen molar-refractivity contribution < 1.29 is 27.6 Å². The maximum Gasteiger partial charge on any atom is 0.325 e. The van der Waals surface area contributed by atoms with Crippen molar-refractivity contribution in [1.82, 2.24) is 10.2 Å². The number of imide groups is 1. The lowest BCUT2D eigenvalue weighted by atomic mass is 9.92. The minimum atomic E-state index is -1.74. The number of nitrogens with one attached hydrogen (secondary N) is 2. The van der Waals surface area contributed by atoms with Gasteiger partial charge in [-0.2, -0.15) is 0 Å². The minimum absolute atomic E-state index is 0.489. The van der Waals surface area contributed by atoms with Crippen molar-refractivity contribution in [3.63, 3.8) is 0 Å². The lowest BCUT2D eigenvalue weighted by molar-refractivity contribution is -0.133. The van der Waals surface area contributed by atoms with E-state index in [1.165, 1.54) is 6.92 Å². The number of hydrogen-bond donors (Lipinski definition) is 2. The summed E-state index contributed by atoms with van der Waals surface area (Å²) in [5, 5.41) is 4.55. The summed E-state index contributed by atoms with van der Waals surface area (Å²) in [5.74, 6) is -6.37. The van der Waals surface area contributed by atoms with E-state index in [9.17, 15) is 27.6 Å². The summed E-state index contributed by atoms with van der Waals surface area (Å²) in [6.45, 7) is 0.753. The maximum absolute atomic E-state index is 13.7. The smallest absolute Gasteiger partial charge is 0.322 e. The number of rotatable bonds is 4. The predicted octanol–water partition coefficient (Wildman–Crippen LogP) is 3.27. The highest BCUT2D eigenvalue weighted by molar-refractivity contribution is 9.10. The minimum Gasteiger partial charge on any atom is -0.322 e. The highest BCUT2D eigenvalue weighted by atomic mass is 79.9. The first-order chi connectivity index (χ1) is 13.1. The third-order valence-electron chi connectivity index (χ3n) is 4.30. The number of nitrogens with zero attached hydrogens (tertiary/aromatic N) is 1. The third-order valence-corrected chi connectivity index (χ3v) is 4.99. The number of anilines is 1. The van der Waals surface area contributed by atoms with Crippen molar-refractivity contribution in [2.45, 2.75) is 12.5 Å². The molecule has 0 unspecified atom stereocenters. The van der Waals surface area contributed by atoms with Gasteiger partial charge in [0.1, 0.15) is 12.1 Å². The highest BCUT2D eigenvalue weighted by Crippen LogP contribution is 2.33. The summed E-state index contributed by atoms with van der Waals surface area (Å²) in [7, 11) is 0. The monoisotopic (exact) mass is 455 g/mol. The van der Waals surface area contributed by atoms with Crippen LogP contribution in [0.4, 0.5) is 23.7 Å². The fourth-order valence-corrected chi connectivity index (χ4v) is 3.53. The van der Waals surface area contributed by atoms with Crippen LogP contribution in [-0.2, 0) is 15.1 Å². The Hall–Kier alpha value is -2.88. The maximum atomic E-state index is 13.7. The molecule has 0 aliphatic carbocycles. The van der Waals surface area contributed by atoms with E-state index < -0.39 is 53.1 Å². The molecule has 1 heterocycles. The number of hydrogen-bond acceptors (Lipinski definition) is 3. The summed E-state index contributed by atoms with van der Waals surface area (Å²) in [4.78, 5) is 37.9. The van der Waals surface area contributed by atoms with E-state index in [4.69, 9.17) is 0 Å². The van der Waals surface area contributed by atoms with Gasteiger partial charge in [-0.3, -0.25) is 14.5 Å². The summed E-state index contributed by atoms with van der Waals surface area (Å²) in [6.07, 6.45) is 0. The SMILES string of the molecule is C[C@]1(c2ccccc2Br)NC(=O)N(CC(=O)Nc2ccc(F)c(F)c2F)C1=O. The van der Waals surface area contributed by atoms with Crippen LogP contribution in [0.15, 0.2) is 40.9 Å². The number of amides is 4. The summed E-state index contributed by atoms with van der Waals surface area (Å²) in [5.41, 5.74) is -1.53. The Kier molecular flexibility index (Phi) is 5.16. The molecule has 28 heavy (non-hydrogen) atoms. The van der Waals surface area contributed by atoms with Crippen LogP contribution in [-0.4, -0.2) is 29.3 Å². The van der Waals surface area contributed by atoms with Crippen LogP contribution >= 0.6 is 15.9 Å². The topological polar surface area (TPSA) is 78.5 Å². The first-order valence-corrected chi connectivity index (χ1v) is 8.77. The Morgan fingerprint density at radius 3 is 2.50 bits per heavy atom. The summed E-state index contributed by atoms with van der Waals surface area (Å²) < 4.78 is 40.5. The molecule has 2 N–H and O–H groups in total. The second-order valence-corrected chi connectivity index (χ2v) is 7.05. The van der Waals surface area contributed by atoms with E-state index in [0.717, 1.165) is 6.07 Å². The zero-order valence-electron chi connectivity index (χ0n) is 14.4. The van der Waals surface area contributed by atoms with Crippen molar-refractivity contribution in [2.75, 3.05) is 11.9 Å². The van der Waals surface area contributed by atoms with E-state index in [-0.39, 0.29) is 0 Å². The first-order valence-electron chi connectivity index (χ1n) is 7.97. The molecule has 0 bridgehead atoms. The summed E-state index contributed by atoms with van der Waals surface area (Å²) in [6, 6.07) is 7.42. The van der Waals surface area contributed by atoms with Crippen molar-refractivity contribution in [3.05, 3.63) is 63.9 Å². The van der Waals surface area contributed by atoms with Crippen LogP contribution in [0.3, 0.4) is 0 Å². The van der Waals surface area contributed by atoms with Gasteiger partial charge in [0.2, 0.25) is 5.91 Å². The average Bonchev–Trinajstić information content (AvgIpc) is 2.86. The van der Waals surface area contributed by atoms with Gasteiger partial charge in [-0.05, 0) is 25.1 Å². The fraction of sp³-hybridized carbons (Fsp3) is 0.167. The predicted molar refractivity (Wildman–Crippen MR) is 96.7 cm³/mol. The molecule has 1 atom stereocenters. The summed E-state index contributed by atoms with van der Waals surface area (Å²) >= 11 is 3.32. The second kappa shape index (κ2) is 7.27. The molecule has 0 radical (unpaired) electrons. The lowest BCUT2D eigenvalue weighted by Crippen LogP contribution is -2.42. The van der Waals surface area contributed by atoms with Crippen molar-refractivity contribution >= 4 is 39.5 Å². The van der Waals surface area contributed by atoms with E-state index in [1.807, 2.05) is 5.32 Å². The van der Waals surface area contributed by atoms with Crippen molar-refractivity contribution in [1.29, 1.82) is 0 Å². The molecule has 1 aliphatic heterocycles. The molecule has 10 heteroatoms. The largest absolute Gasteiger partial charge is 0.325 e. The van der Waals surface area contributed by atoms with Crippen LogP contribution in [0.25, 0.3) is 0 Å². The molecule has 4 amide bonds. The molecule has 3 rings (SSSR count). The third kappa shape index (κ3) is 3.35. The van der Waals surface area contributed by atoms with Crippen LogP contribution in [0.2, 0.25) is 0 Å². The normalized spacial score (nSPS) is 19.0. The molecule has 6 nitrogen and oxygen atoms in total. The highest BCUT2D eigenvalue weighted by Gasteiger charge is 2.50. The average molecular weight is 456 g/mol. The first kappa shape index (κ1) is 19.9.